The molecule has 0 bridgehead atoms. The van der Waals surface area contributed by atoms with Crippen molar-refractivity contribution in [3.05, 3.63) is 53.6 Å². The number of pyridine rings is 1. The predicted octanol–water partition coefficient (Wildman–Crippen LogP) is 2.53. The van der Waals surface area contributed by atoms with Crippen molar-refractivity contribution in [1.82, 2.24) is 10.3 Å². The fourth-order valence-electron chi connectivity index (χ4n) is 1.89. The number of hydrogen-bond acceptors (Lipinski definition) is 4. The van der Waals surface area contributed by atoms with Crippen LogP contribution in [0.25, 0.3) is 0 Å². The summed E-state index contributed by atoms with van der Waals surface area (Å²) in [5, 5.41) is 3.17. The maximum Gasteiger partial charge on any atom is 0.217 e. The summed E-state index contributed by atoms with van der Waals surface area (Å²) in [5.41, 5.74) is 1.49. The van der Waals surface area contributed by atoms with Gasteiger partial charge in [-0.2, -0.15) is 4.39 Å². The standard InChI is InChI=1S/C15H17FN2O2/c1-19-13-7-12(15(16)18-10-13)9-17-8-11-5-3-4-6-14(11)20-2/h3-7,10,17H,8-9H2,1-2H3. The van der Waals surface area contributed by atoms with Gasteiger partial charge in [0.05, 0.1) is 20.4 Å². The zero-order valence-corrected chi connectivity index (χ0v) is 11.5. The van der Waals surface area contributed by atoms with E-state index in [-0.39, 0.29) is 0 Å². The van der Waals surface area contributed by atoms with Crippen molar-refractivity contribution in [1.29, 1.82) is 0 Å². The smallest absolute Gasteiger partial charge is 0.217 e. The van der Waals surface area contributed by atoms with Crippen LogP contribution in [0.4, 0.5) is 4.39 Å². The first-order valence-corrected chi connectivity index (χ1v) is 6.25. The van der Waals surface area contributed by atoms with E-state index < -0.39 is 5.95 Å². The minimum atomic E-state index is -0.488. The van der Waals surface area contributed by atoms with Crippen LogP contribution in [0.15, 0.2) is 36.5 Å². The molecule has 2 aromatic rings. The Morgan fingerprint density at radius 3 is 2.60 bits per heavy atom. The Labute approximate surface area is 117 Å². The van der Waals surface area contributed by atoms with Crippen molar-refractivity contribution < 1.29 is 13.9 Å². The molecule has 0 unspecified atom stereocenters. The fourth-order valence-corrected chi connectivity index (χ4v) is 1.89. The van der Waals surface area contributed by atoms with Gasteiger partial charge >= 0.3 is 0 Å². The summed E-state index contributed by atoms with van der Waals surface area (Å²) in [5.74, 6) is 0.864. The molecule has 5 heteroatoms. The molecule has 1 N–H and O–H groups in total. The average molecular weight is 276 g/mol. The van der Waals surface area contributed by atoms with Crippen LogP contribution in [0.3, 0.4) is 0 Å². The third-order valence-electron chi connectivity index (χ3n) is 2.95. The molecule has 0 saturated carbocycles. The lowest BCUT2D eigenvalue weighted by molar-refractivity contribution is 0.405. The van der Waals surface area contributed by atoms with Gasteiger partial charge < -0.3 is 14.8 Å². The van der Waals surface area contributed by atoms with Crippen molar-refractivity contribution in [2.75, 3.05) is 14.2 Å². The molecule has 0 spiro atoms. The van der Waals surface area contributed by atoms with E-state index in [4.69, 9.17) is 9.47 Å². The third kappa shape index (κ3) is 3.45. The molecule has 0 amide bonds. The average Bonchev–Trinajstić information content (AvgIpc) is 2.49. The Kier molecular flexibility index (Phi) is 4.90. The molecule has 0 aliphatic heterocycles. The van der Waals surface area contributed by atoms with E-state index in [1.165, 1.54) is 13.3 Å². The molecule has 0 aliphatic carbocycles. The normalized spacial score (nSPS) is 10.3. The molecule has 0 radical (unpaired) electrons. The Morgan fingerprint density at radius 2 is 1.85 bits per heavy atom. The molecule has 20 heavy (non-hydrogen) atoms. The van der Waals surface area contributed by atoms with E-state index in [0.717, 1.165) is 11.3 Å². The Morgan fingerprint density at radius 1 is 1.10 bits per heavy atom. The number of nitrogens with one attached hydrogen (secondary N) is 1. The molecule has 106 valence electrons. The van der Waals surface area contributed by atoms with E-state index in [1.807, 2.05) is 24.3 Å². The molecule has 0 fully saturated rings. The summed E-state index contributed by atoms with van der Waals surface area (Å²) < 4.78 is 23.8. The molecular weight excluding hydrogens is 259 g/mol. The lowest BCUT2D eigenvalue weighted by Crippen LogP contribution is -2.15. The van der Waals surface area contributed by atoms with Gasteiger partial charge in [0.25, 0.3) is 0 Å². The van der Waals surface area contributed by atoms with Gasteiger partial charge in [0.2, 0.25) is 5.95 Å². The number of methoxy groups -OCH3 is 2. The summed E-state index contributed by atoms with van der Waals surface area (Å²) in [6, 6.07) is 9.34. The van der Waals surface area contributed by atoms with Crippen LogP contribution in [-0.2, 0) is 13.1 Å². The van der Waals surface area contributed by atoms with Crippen LogP contribution in [0, 0.1) is 5.95 Å². The van der Waals surface area contributed by atoms with Crippen LogP contribution in [0.1, 0.15) is 11.1 Å². The van der Waals surface area contributed by atoms with E-state index in [9.17, 15) is 4.39 Å². The maximum absolute atomic E-state index is 13.5. The van der Waals surface area contributed by atoms with Gasteiger partial charge in [0, 0.05) is 24.2 Å². The molecule has 0 atom stereocenters. The van der Waals surface area contributed by atoms with Gasteiger partial charge in [-0.1, -0.05) is 18.2 Å². The first-order valence-electron chi connectivity index (χ1n) is 6.25. The van der Waals surface area contributed by atoms with E-state index in [0.29, 0.717) is 24.4 Å². The third-order valence-corrected chi connectivity index (χ3v) is 2.95. The minimum Gasteiger partial charge on any atom is -0.496 e. The molecule has 0 aliphatic rings. The maximum atomic E-state index is 13.5. The molecule has 2 rings (SSSR count). The topological polar surface area (TPSA) is 43.4 Å². The molecule has 1 aromatic carbocycles. The number of rotatable bonds is 6. The Balaban J connectivity index is 1.99. The van der Waals surface area contributed by atoms with E-state index >= 15 is 0 Å². The largest absolute Gasteiger partial charge is 0.496 e. The van der Waals surface area contributed by atoms with E-state index in [2.05, 4.69) is 10.3 Å². The van der Waals surface area contributed by atoms with Gasteiger partial charge in [0.15, 0.2) is 0 Å². The second-order valence-corrected chi connectivity index (χ2v) is 4.24. The highest BCUT2D eigenvalue weighted by atomic mass is 19.1. The summed E-state index contributed by atoms with van der Waals surface area (Å²) in [6.07, 6.45) is 1.36. The van der Waals surface area contributed by atoms with Crippen LogP contribution in [0.5, 0.6) is 11.5 Å². The van der Waals surface area contributed by atoms with Crippen molar-refractivity contribution in [2.24, 2.45) is 0 Å². The van der Waals surface area contributed by atoms with Crippen LogP contribution in [0.2, 0.25) is 0 Å². The molecular formula is C15H17FN2O2. The predicted molar refractivity (Wildman–Crippen MR) is 74.3 cm³/mol. The first kappa shape index (κ1) is 14.3. The van der Waals surface area contributed by atoms with Crippen molar-refractivity contribution in [3.8, 4) is 11.5 Å². The van der Waals surface area contributed by atoms with Gasteiger partial charge in [-0.15, -0.1) is 0 Å². The minimum absolute atomic E-state index is 0.369. The van der Waals surface area contributed by atoms with Crippen LogP contribution in [-0.4, -0.2) is 19.2 Å². The summed E-state index contributed by atoms with van der Waals surface area (Å²) in [4.78, 5) is 3.65. The molecule has 1 aromatic heterocycles. The second-order valence-electron chi connectivity index (χ2n) is 4.24. The number of halogens is 1. The van der Waals surface area contributed by atoms with Crippen LogP contribution < -0.4 is 14.8 Å². The van der Waals surface area contributed by atoms with Crippen molar-refractivity contribution in [3.63, 3.8) is 0 Å². The van der Waals surface area contributed by atoms with Gasteiger partial charge in [-0.3, -0.25) is 0 Å². The lowest BCUT2D eigenvalue weighted by atomic mass is 10.2. The molecule has 0 saturated heterocycles. The Hall–Kier alpha value is -2.14. The summed E-state index contributed by atoms with van der Waals surface area (Å²) in [7, 11) is 3.16. The summed E-state index contributed by atoms with van der Waals surface area (Å²) >= 11 is 0. The number of nitrogens with zero attached hydrogens (tertiary/aromatic N) is 1. The van der Waals surface area contributed by atoms with Crippen molar-refractivity contribution >= 4 is 0 Å². The number of para-hydroxylation sites is 1. The first-order chi connectivity index (χ1) is 9.74. The molecule has 1 heterocycles. The Bertz CT molecular complexity index is 576. The number of benzene rings is 1. The summed E-state index contributed by atoms with van der Waals surface area (Å²) in [6.45, 7) is 0.953. The quantitative estimate of drug-likeness (QED) is 0.823. The van der Waals surface area contributed by atoms with Gasteiger partial charge in [-0.05, 0) is 12.1 Å². The second kappa shape index (κ2) is 6.86. The van der Waals surface area contributed by atoms with E-state index in [1.54, 1.807) is 13.2 Å². The van der Waals surface area contributed by atoms with Gasteiger partial charge in [0.1, 0.15) is 11.5 Å². The zero-order valence-electron chi connectivity index (χ0n) is 11.5. The highest BCUT2D eigenvalue weighted by Gasteiger charge is 2.06. The number of ether oxygens (including phenoxy) is 2. The van der Waals surface area contributed by atoms with Crippen LogP contribution >= 0.6 is 0 Å². The zero-order chi connectivity index (χ0) is 14.4. The fraction of sp³-hybridized carbons (Fsp3) is 0.267. The SMILES string of the molecule is COc1cnc(F)c(CNCc2ccccc2OC)c1. The number of aromatic nitrogens is 1. The number of hydrogen-bond donors (Lipinski definition) is 1. The van der Waals surface area contributed by atoms with Gasteiger partial charge in [-0.25, -0.2) is 4.98 Å². The highest BCUT2D eigenvalue weighted by Crippen LogP contribution is 2.17. The molecule has 4 nitrogen and oxygen atoms in total. The highest BCUT2D eigenvalue weighted by molar-refractivity contribution is 5.33. The lowest BCUT2D eigenvalue weighted by Gasteiger charge is -2.10. The van der Waals surface area contributed by atoms with Crippen molar-refractivity contribution in [2.45, 2.75) is 13.1 Å². The monoisotopic (exact) mass is 276 g/mol.